The van der Waals surface area contributed by atoms with Crippen LogP contribution in [0.3, 0.4) is 0 Å². The van der Waals surface area contributed by atoms with Gasteiger partial charge in [-0.05, 0) is 23.9 Å². The van der Waals surface area contributed by atoms with Crippen molar-refractivity contribution < 1.29 is 4.52 Å². The molecule has 0 saturated heterocycles. The van der Waals surface area contributed by atoms with Crippen LogP contribution in [0.2, 0.25) is 0 Å². The van der Waals surface area contributed by atoms with Gasteiger partial charge in [-0.2, -0.15) is 0 Å². The number of thiocarbonyl (C=S) groups is 1. The van der Waals surface area contributed by atoms with Gasteiger partial charge >= 0.3 is 0 Å². The Morgan fingerprint density at radius 3 is 2.93 bits per heavy atom. The molecule has 2 rings (SSSR count). The molecule has 1 atom stereocenters. The van der Waals surface area contributed by atoms with Gasteiger partial charge in [-0.15, -0.1) is 0 Å². The monoisotopic (exact) mass is 275 g/mol. The third kappa shape index (κ3) is 2.36. The van der Waals surface area contributed by atoms with Gasteiger partial charge in [0, 0.05) is 5.75 Å². The Morgan fingerprint density at radius 2 is 2.20 bits per heavy atom. The molecule has 0 spiro atoms. The molecule has 0 aliphatic carbocycles. The maximum atomic E-state index is 5.82. The summed E-state index contributed by atoms with van der Waals surface area (Å²) in [6.45, 7) is 2.06. The minimum Gasteiger partial charge on any atom is -0.440 e. The Morgan fingerprint density at radius 1 is 1.47 bits per heavy atom. The molecule has 0 amide bonds. The highest BCUT2D eigenvalue weighted by Crippen LogP contribution is 2.58. The Labute approximate surface area is 104 Å². The maximum absolute atomic E-state index is 5.82. The first kappa shape index (κ1) is 11.4. The predicted octanol–water partition coefficient (Wildman–Crippen LogP) is 3.32. The lowest BCUT2D eigenvalue weighted by molar-refractivity contribution is 0.613. The van der Waals surface area contributed by atoms with Crippen molar-refractivity contribution in [1.29, 1.82) is 0 Å². The molecule has 1 unspecified atom stereocenters. The van der Waals surface area contributed by atoms with Gasteiger partial charge in [0.05, 0.1) is 5.56 Å². The van der Waals surface area contributed by atoms with Crippen LogP contribution in [0.15, 0.2) is 24.3 Å². The summed E-state index contributed by atoms with van der Waals surface area (Å²) in [5.74, 6) is 1.74. The van der Waals surface area contributed by atoms with Crippen molar-refractivity contribution in [2.45, 2.75) is 6.92 Å². The molecular formula is C9H10NOPS3. The second-order valence-electron chi connectivity index (χ2n) is 2.94. The first-order chi connectivity index (χ1) is 7.14. The first-order valence-corrected chi connectivity index (χ1v) is 9.22. The van der Waals surface area contributed by atoms with Crippen LogP contribution in [0.4, 0.5) is 0 Å². The molecule has 1 aliphatic rings. The molecule has 0 bridgehead atoms. The smallest absolute Gasteiger partial charge is 0.260 e. The summed E-state index contributed by atoms with van der Waals surface area (Å²) in [5, 5.41) is 3.15. The number of nitrogens with one attached hydrogen (secondary N) is 1. The normalized spacial score (nSPS) is 23.9. The fourth-order valence-corrected chi connectivity index (χ4v) is 6.84. The van der Waals surface area contributed by atoms with E-state index in [9.17, 15) is 0 Å². The topological polar surface area (TPSA) is 21.3 Å². The van der Waals surface area contributed by atoms with Crippen LogP contribution in [0.5, 0.6) is 5.75 Å². The van der Waals surface area contributed by atoms with Crippen molar-refractivity contribution in [2.24, 2.45) is 0 Å². The van der Waals surface area contributed by atoms with Gasteiger partial charge < -0.3 is 9.61 Å². The van der Waals surface area contributed by atoms with Gasteiger partial charge in [0.1, 0.15) is 10.7 Å². The second kappa shape index (κ2) is 4.42. The van der Waals surface area contributed by atoms with Crippen LogP contribution >= 0.6 is 29.2 Å². The highest BCUT2D eigenvalue weighted by Gasteiger charge is 2.28. The van der Waals surface area contributed by atoms with Crippen LogP contribution in [0, 0.1) is 0 Å². The first-order valence-electron chi connectivity index (χ1n) is 4.50. The molecule has 1 aromatic carbocycles. The zero-order chi connectivity index (χ0) is 10.9. The zero-order valence-electron chi connectivity index (χ0n) is 8.10. The van der Waals surface area contributed by atoms with Crippen LogP contribution in [-0.2, 0) is 11.8 Å². The summed E-state index contributed by atoms with van der Waals surface area (Å²) < 4.78 is 5.82. The summed E-state index contributed by atoms with van der Waals surface area (Å²) in [6, 6.07) is 7.74. The van der Waals surface area contributed by atoms with E-state index in [1.807, 2.05) is 24.3 Å². The van der Waals surface area contributed by atoms with Crippen LogP contribution in [0.25, 0.3) is 0 Å². The van der Waals surface area contributed by atoms with Crippen molar-refractivity contribution in [1.82, 2.24) is 5.09 Å². The third-order valence-electron chi connectivity index (χ3n) is 1.89. The zero-order valence-corrected chi connectivity index (χ0v) is 11.4. The summed E-state index contributed by atoms with van der Waals surface area (Å²) in [5.41, 5.74) is -1.11. The summed E-state index contributed by atoms with van der Waals surface area (Å²) >= 11 is 12.4. The van der Waals surface area contributed by atoms with Gasteiger partial charge in [-0.1, -0.05) is 42.7 Å². The van der Waals surface area contributed by atoms with Gasteiger partial charge in [0.25, 0.3) is 5.62 Å². The Balaban J connectivity index is 2.38. The number of fused-ring (bicyclic) bond motifs is 1. The molecular weight excluding hydrogens is 265 g/mol. The minimum absolute atomic E-state index is 0.709. The van der Waals surface area contributed by atoms with E-state index in [-0.39, 0.29) is 0 Å². The van der Waals surface area contributed by atoms with Crippen molar-refractivity contribution in [3.63, 3.8) is 0 Å². The molecule has 0 radical (unpaired) electrons. The number of hydrogen-bond donors (Lipinski definition) is 1. The third-order valence-corrected chi connectivity index (χ3v) is 7.63. The van der Waals surface area contributed by atoms with E-state index in [0.717, 1.165) is 17.1 Å². The molecule has 1 N–H and O–H groups in total. The Bertz CT molecular complexity index is 449. The van der Waals surface area contributed by atoms with Crippen LogP contribution < -0.4 is 9.61 Å². The largest absolute Gasteiger partial charge is 0.440 e. The van der Waals surface area contributed by atoms with Crippen molar-refractivity contribution in [3.05, 3.63) is 29.8 Å². The quantitative estimate of drug-likeness (QED) is 0.658. The van der Waals surface area contributed by atoms with Crippen LogP contribution in [0.1, 0.15) is 12.5 Å². The van der Waals surface area contributed by atoms with E-state index in [2.05, 4.69) is 12.0 Å². The fraction of sp³-hybridized carbons (Fsp3) is 0.222. The number of benzene rings is 1. The highest BCUT2D eigenvalue weighted by atomic mass is 32.9. The molecule has 15 heavy (non-hydrogen) atoms. The molecule has 1 heterocycles. The SMILES string of the molecule is CCSP1(=S)NC(=S)c2ccccc2O1. The van der Waals surface area contributed by atoms with E-state index in [0.29, 0.717) is 4.99 Å². The molecule has 0 saturated carbocycles. The molecule has 1 aromatic rings. The van der Waals surface area contributed by atoms with Gasteiger partial charge in [0.2, 0.25) is 0 Å². The molecule has 2 nitrogen and oxygen atoms in total. The standard InChI is InChI=1S/C9H10NOPS3/c1-2-15-12(14)10-9(13)7-5-3-4-6-8(7)11-12/h3-6H,2H2,1H3,(H,10,13,14). The van der Waals surface area contributed by atoms with Gasteiger partial charge in [-0.25, -0.2) is 0 Å². The number of hydrogen-bond acceptors (Lipinski definition) is 4. The Hall–Kier alpha value is -0.0900. The summed E-state index contributed by atoms with van der Waals surface area (Å²) in [4.78, 5) is 0.709. The second-order valence-corrected chi connectivity index (χ2v) is 10.1. The highest BCUT2D eigenvalue weighted by molar-refractivity contribution is 8.69. The lowest BCUT2D eigenvalue weighted by atomic mass is 10.2. The fourth-order valence-electron chi connectivity index (χ4n) is 1.30. The average Bonchev–Trinajstić information content (AvgIpc) is 2.17. The van der Waals surface area contributed by atoms with Gasteiger partial charge in [-0.3, -0.25) is 0 Å². The van der Waals surface area contributed by atoms with E-state index >= 15 is 0 Å². The predicted molar refractivity (Wildman–Crippen MR) is 74.3 cm³/mol. The number of rotatable bonds is 2. The van der Waals surface area contributed by atoms with E-state index in [1.54, 1.807) is 11.4 Å². The molecule has 0 aromatic heterocycles. The molecule has 0 fully saturated rings. The van der Waals surface area contributed by atoms with Crippen molar-refractivity contribution in [3.8, 4) is 5.75 Å². The maximum Gasteiger partial charge on any atom is 0.260 e. The molecule has 1 aliphatic heterocycles. The Kier molecular flexibility index (Phi) is 3.36. The van der Waals surface area contributed by atoms with Crippen molar-refractivity contribution >= 4 is 46.0 Å². The summed E-state index contributed by atoms with van der Waals surface area (Å²) in [6.07, 6.45) is 0. The van der Waals surface area contributed by atoms with E-state index in [1.165, 1.54) is 0 Å². The van der Waals surface area contributed by atoms with Crippen molar-refractivity contribution in [2.75, 3.05) is 5.75 Å². The molecule has 6 heteroatoms. The molecule has 80 valence electrons. The minimum atomic E-state index is -2.04. The average molecular weight is 275 g/mol. The number of para-hydroxylation sites is 1. The van der Waals surface area contributed by atoms with Crippen LogP contribution in [-0.4, -0.2) is 10.7 Å². The van der Waals surface area contributed by atoms with Gasteiger partial charge in [0.15, 0.2) is 0 Å². The van der Waals surface area contributed by atoms with E-state index in [4.69, 9.17) is 28.5 Å². The van der Waals surface area contributed by atoms with E-state index < -0.39 is 5.62 Å². The lowest BCUT2D eigenvalue weighted by Gasteiger charge is -2.30. The summed E-state index contributed by atoms with van der Waals surface area (Å²) in [7, 11) is 0. The lowest BCUT2D eigenvalue weighted by Crippen LogP contribution is -2.25.